The van der Waals surface area contributed by atoms with Crippen LogP contribution in [0.3, 0.4) is 0 Å². The van der Waals surface area contributed by atoms with Crippen molar-refractivity contribution in [2.45, 2.75) is 30.3 Å². The van der Waals surface area contributed by atoms with Crippen LogP contribution in [0.1, 0.15) is 18.4 Å². The van der Waals surface area contributed by atoms with Crippen LogP contribution in [0.5, 0.6) is 0 Å². The van der Waals surface area contributed by atoms with Gasteiger partial charge in [0.05, 0.1) is 5.69 Å². The van der Waals surface area contributed by atoms with Crippen molar-refractivity contribution in [2.75, 3.05) is 5.32 Å². The van der Waals surface area contributed by atoms with Gasteiger partial charge in [-0.05, 0) is 36.6 Å². The molecule has 0 aliphatic heterocycles. The Balaban J connectivity index is 1.79. The topological polar surface area (TPSA) is 71.1 Å². The van der Waals surface area contributed by atoms with Crippen molar-refractivity contribution < 1.29 is 8.42 Å². The molecule has 6 heteroatoms. The van der Waals surface area contributed by atoms with Crippen molar-refractivity contribution in [3.63, 3.8) is 0 Å². The first-order chi connectivity index (χ1) is 10.1. The molecule has 1 fully saturated rings. The van der Waals surface area contributed by atoms with Crippen molar-refractivity contribution in [1.29, 1.82) is 0 Å². The van der Waals surface area contributed by atoms with E-state index in [4.69, 9.17) is 0 Å². The second-order valence-electron chi connectivity index (χ2n) is 5.11. The molecular weight excluding hydrogens is 286 g/mol. The first-order valence-electron chi connectivity index (χ1n) is 6.89. The Morgan fingerprint density at radius 3 is 2.67 bits per heavy atom. The van der Waals surface area contributed by atoms with Crippen LogP contribution < -0.4 is 10.0 Å². The van der Waals surface area contributed by atoms with E-state index in [-0.39, 0.29) is 6.04 Å². The summed E-state index contributed by atoms with van der Waals surface area (Å²) < 4.78 is 27.4. The van der Waals surface area contributed by atoms with Crippen molar-refractivity contribution >= 4 is 15.7 Å². The smallest absolute Gasteiger partial charge is 0.242 e. The predicted molar refractivity (Wildman–Crippen MR) is 81.3 cm³/mol. The molecule has 1 aliphatic carbocycles. The maximum absolute atomic E-state index is 12.4. The second-order valence-corrected chi connectivity index (χ2v) is 6.79. The molecule has 0 atom stereocenters. The molecule has 1 saturated carbocycles. The fourth-order valence-corrected chi connectivity index (χ4v) is 3.52. The van der Waals surface area contributed by atoms with Gasteiger partial charge in [0.1, 0.15) is 4.90 Å². The first kappa shape index (κ1) is 14.0. The SMILES string of the molecule is O=S(=O)(NC1CC1)c1ccccc1NCc1cccnc1. The lowest BCUT2D eigenvalue weighted by molar-refractivity contribution is 0.581. The molecule has 1 aromatic carbocycles. The summed E-state index contributed by atoms with van der Waals surface area (Å²) in [7, 11) is -3.46. The lowest BCUT2D eigenvalue weighted by Crippen LogP contribution is -2.26. The van der Waals surface area contributed by atoms with E-state index < -0.39 is 10.0 Å². The van der Waals surface area contributed by atoms with Gasteiger partial charge in [0.2, 0.25) is 10.0 Å². The van der Waals surface area contributed by atoms with Gasteiger partial charge in [-0.15, -0.1) is 0 Å². The van der Waals surface area contributed by atoms with Gasteiger partial charge >= 0.3 is 0 Å². The minimum atomic E-state index is -3.46. The number of rotatable bonds is 6. The Bertz CT molecular complexity index is 713. The lowest BCUT2D eigenvalue weighted by atomic mass is 10.2. The number of hydrogen-bond acceptors (Lipinski definition) is 4. The monoisotopic (exact) mass is 303 g/mol. The number of benzene rings is 1. The Morgan fingerprint density at radius 2 is 1.95 bits per heavy atom. The van der Waals surface area contributed by atoms with Gasteiger partial charge in [0, 0.05) is 25.0 Å². The van der Waals surface area contributed by atoms with Gasteiger partial charge in [0.15, 0.2) is 0 Å². The van der Waals surface area contributed by atoms with E-state index >= 15 is 0 Å². The molecule has 21 heavy (non-hydrogen) atoms. The summed E-state index contributed by atoms with van der Waals surface area (Å²) >= 11 is 0. The largest absolute Gasteiger partial charge is 0.380 e. The highest BCUT2D eigenvalue weighted by atomic mass is 32.2. The summed E-state index contributed by atoms with van der Waals surface area (Å²) in [4.78, 5) is 4.34. The third kappa shape index (κ3) is 3.59. The Morgan fingerprint density at radius 1 is 1.14 bits per heavy atom. The maximum Gasteiger partial charge on any atom is 0.242 e. The number of nitrogens with zero attached hydrogens (tertiary/aromatic N) is 1. The van der Waals surface area contributed by atoms with E-state index in [2.05, 4.69) is 15.0 Å². The van der Waals surface area contributed by atoms with Crippen LogP contribution in [-0.2, 0) is 16.6 Å². The third-order valence-electron chi connectivity index (χ3n) is 3.28. The summed E-state index contributed by atoms with van der Waals surface area (Å²) in [6.07, 6.45) is 5.31. The minimum absolute atomic E-state index is 0.0985. The lowest BCUT2D eigenvalue weighted by Gasteiger charge is -2.13. The molecule has 1 aromatic heterocycles. The Labute approximate surface area is 124 Å². The maximum atomic E-state index is 12.4. The zero-order valence-electron chi connectivity index (χ0n) is 11.5. The highest BCUT2D eigenvalue weighted by Crippen LogP contribution is 2.26. The van der Waals surface area contributed by atoms with Crippen molar-refractivity contribution in [2.24, 2.45) is 0 Å². The molecule has 5 nitrogen and oxygen atoms in total. The molecule has 0 unspecified atom stereocenters. The zero-order chi connectivity index (χ0) is 14.7. The van der Waals surface area contributed by atoms with E-state index in [1.54, 1.807) is 30.6 Å². The molecule has 1 aliphatic rings. The van der Waals surface area contributed by atoms with Crippen LogP contribution in [0.4, 0.5) is 5.69 Å². The zero-order valence-corrected chi connectivity index (χ0v) is 12.3. The normalized spacial score (nSPS) is 14.9. The van der Waals surface area contributed by atoms with Crippen LogP contribution in [-0.4, -0.2) is 19.4 Å². The van der Waals surface area contributed by atoms with Crippen molar-refractivity contribution in [1.82, 2.24) is 9.71 Å². The van der Waals surface area contributed by atoms with Gasteiger partial charge in [0.25, 0.3) is 0 Å². The first-order valence-corrected chi connectivity index (χ1v) is 8.37. The fourth-order valence-electron chi connectivity index (χ4n) is 2.03. The summed E-state index contributed by atoms with van der Waals surface area (Å²) in [6.45, 7) is 0.532. The van der Waals surface area contributed by atoms with Crippen molar-refractivity contribution in [3.8, 4) is 0 Å². The highest BCUT2D eigenvalue weighted by Gasteiger charge is 2.29. The van der Waals surface area contributed by atoms with Crippen molar-refractivity contribution in [3.05, 3.63) is 54.4 Å². The molecule has 1 heterocycles. The molecule has 0 spiro atoms. The van der Waals surface area contributed by atoms with Gasteiger partial charge in [-0.25, -0.2) is 13.1 Å². The number of aromatic nitrogens is 1. The Hall–Kier alpha value is -1.92. The molecule has 3 rings (SSSR count). The predicted octanol–water partition coefficient (Wildman–Crippen LogP) is 2.13. The van der Waals surface area contributed by atoms with Crippen LogP contribution >= 0.6 is 0 Å². The van der Waals surface area contributed by atoms with E-state index in [9.17, 15) is 8.42 Å². The van der Waals surface area contributed by atoms with Gasteiger partial charge in [-0.2, -0.15) is 0 Å². The van der Waals surface area contributed by atoms with Gasteiger partial charge in [-0.1, -0.05) is 18.2 Å². The second kappa shape index (κ2) is 5.83. The number of pyridine rings is 1. The van der Waals surface area contributed by atoms with Crippen LogP contribution in [0.25, 0.3) is 0 Å². The number of para-hydroxylation sites is 1. The van der Waals surface area contributed by atoms with E-state index in [0.29, 0.717) is 17.1 Å². The van der Waals surface area contributed by atoms with Gasteiger partial charge in [-0.3, -0.25) is 4.98 Å². The summed E-state index contributed by atoms with van der Waals surface area (Å²) in [5.41, 5.74) is 1.61. The number of hydrogen-bond donors (Lipinski definition) is 2. The van der Waals surface area contributed by atoms with Crippen LogP contribution in [0, 0.1) is 0 Å². The number of anilines is 1. The Kier molecular flexibility index (Phi) is 3.90. The number of nitrogens with one attached hydrogen (secondary N) is 2. The quantitative estimate of drug-likeness (QED) is 0.857. The average Bonchev–Trinajstić information content (AvgIpc) is 3.30. The molecule has 0 saturated heterocycles. The third-order valence-corrected chi connectivity index (χ3v) is 4.86. The molecule has 2 N–H and O–H groups in total. The number of sulfonamides is 1. The minimum Gasteiger partial charge on any atom is -0.380 e. The van der Waals surface area contributed by atoms with Crippen LogP contribution in [0.2, 0.25) is 0 Å². The standard InChI is InChI=1S/C15H17N3O2S/c19-21(20,18-13-7-8-13)15-6-2-1-5-14(15)17-11-12-4-3-9-16-10-12/h1-6,9-10,13,17-18H,7-8,11H2. The molecule has 0 amide bonds. The van der Waals surface area contributed by atoms with Gasteiger partial charge < -0.3 is 5.32 Å². The highest BCUT2D eigenvalue weighted by molar-refractivity contribution is 7.89. The molecule has 0 radical (unpaired) electrons. The summed E-state index contributed by atoms with van der Waals surface area (Å²) in [5, 5.41) is 3.17. The molecule has 0 bridgehead atoms. The van der Waals surface area contributed by atoms with E-state index in [1.807, 2.05) is 18.2 Å². The van der Waals surface area contributed by atoms with E-state index in [0.717, 1.165) is 18.4 Å². The van der Waals surface area contributed by atoms with Crippen LogP contribution in [0.15, 0.2) is 53.7 Å². The fraction of sp³-hybridized carbons (Fsp3) is 0.267. The summed E-state index contributed by atoms with van der Waals surface area (Å²) in [6, 6.07) is 10.8. The summed E-state index contributed by atoms with van der Waals surface area (Å²) in [5.74, 6) is 0. The van der Waals surface area contributed by atoms with E-state index in [1.165, 1.54) is 0 Å². The average molecular weight is 303 g/mol. The molecule has 110 valence electrons. The molecular formula is C15H17N3O2S. The molecule has 2 aromatic rings.